The highest BCUT2D eigenvalue weighted by molar-refractivity contribution is 6.31. The number of aromatic nitrogens is 1. The molecule has 26 heavy (non-hydrogen) atoms. The Bertz CT molecular complexity index is 829. The molecule has 2 heterocycles. The molecule has 1 N–H and O–H groups in total. The van der Waals surface area contributed by atoms with E-state index in [0.29, 0.717) is 35.1 Å². The number of carbonyl (C=O) groups is 1. The highest BCUT2D eigenvalue weighted by Crippen LogP contribution is 2.35. The van der Waals surface area contributed by atoms with Crippen molar-refractivity contribution in [3.8, 4) is 6.07 Å². The van der Waals surface area contributed by atoms with Gasteiger partial charge in [0.2, 0.25) is 5.91 Å². The van der Waals surface area contributed by atoms with Gasteiger partial charge in [-0.15, -0.1) is 0 Å². The van der Waals surface area contributed by atoms with Gasteiger partial charge in [-0.1, -0.05) is 17.7 Å². The second kappa shape index (κ2) is 7.81. The molecule has 2 aromatic rings. The monoisotopic (exact) mass is 372 g/mol. The third-order valence-electron chi connectivity index (χ3n) is 4.52. The molecule has 0 atom stereocenters. The van der Waals surface area contributed by atoms with Crippen molar-refractivity contribution >= 4 is 23.2 Å². The van der Waals surface area contributed by atoms with Crippen LogP contribution in [-0.4, -0.2) is 35.4 Å². The van der Waals surface area contributed by atoms with Crippen LogP contribution in [0.1, 0.15) is 24.1 Å². The topological polar surface area (TPSA) is 69.0 Å². The number of amides is 1. The van der Waals surface area contributed by atoms with E-state index in [0.717, 1.165) is 0 Å². The number of halogens is 2. The number of nitrogens with one attached hydrogen (secondary N) is 1. The van der Waals surface area contributed by atoms with Crippen molar-refractivity contribution in [2.75, 3.05) is 25.0 Å². The maximum absolute atomic E-state index is 15.1. The van der Waals surface area contributed by atoms with Gasteiger partial charge < -0.3 is 5.32 Å². The molecule has 0 aliphatic carbocycles. The van der Waals surface area contributed by atoms with Gasteiger partial charge in [-0.05, 0) is 43.2 Å². The lowest BCUT2D eigenvalue weighted by atomic mass is 9.89. The molecule has 1 saturated heterocycles. The van der Waals surface area contributed by atoms with Crippen molar-refractivity contribution in [3.05, 3.63) is 58.9 Å². The minimum atomic E-state index is -1.45. The van der Waals surface area contributed by atoms with Crippen LogP contribution in [0, 0.1) is 11.3 Å². The van der Waals surface area contributed by atoms with E-state index < -0.39 is 5.67 Å². The van der Waals surface area contributed by atoms with Crippen LogP contribution >= 0.6 is 11.6 Å². The predicted octanol–water partition coefficient (Wildman–Crippen LogP) is 3.51. The van der Waals surface area contributed by atoms with Gasteiger partial charge in [-0.25, -0.2) is 4.39 Å². The summed E-state index contributed by atoms with van der Waals surface area (Å²) in [6.45, 7) is 1.05. The van der Waals surface area contributed by atoms with Gasteiger partial charge in [-0.2, -0.15) is 5.26 Å². The number of nitrogens with zero attached hydrogens (tertiary/aromatic N) is 3. The number of benzene rings is 1. The van der Waals surface area contributed by atoms with Gasteiger partial charge in [0, 0.05) is 24.3 Å². The first-order valence-corrected chi connectivity index (χ1v) is 8.70. The molecule has 7 heteroatoms. The quantitative estimate of drug-likeness (QED) is 0.891. The minimum absolute atomic E-state index is 0.135. The standard InChI is InChI=1S/C19H18ClFN4O/c20-15-5-4-14(12-22)16(11-15)24-18(26)13-25-9-6-19(21,7-10-25)17-3-1-2-8-23-17/h1-5,8,11H,6-7,9-10,13H2,(H,24,26). The van der Waals surface area contributed by atoms with Gasteiger partial charge in [0.1, 0.15) is 6.07 Å². The molecule has 0 saturated carbocycles. The van der Waals surface area contributed by atoms with Crippen molar-refractivity contribution in [1.29, 1.82) is 5.26 Å². The third kappa shape index (κ3) is 4.18. The van der Waals surface area contributed by atoms with E-state index in [1.807, 2.05) is 11.0 Å². The normalized spacial score (nSPS) is 16.7. The Balaban J connectivity index is 1.57. The van der Waals surface area contributed by atoms with E-state index >= 15 is 4.39 Å². The number of likely N-dealkylation sites (tertiary alicyclic amines) is 1. The number of nitriles is 1. The zero-order valence-corrected chi connectivity index (χ0v) is 14.8. The summed E-state index contributed by atoms with van der Waals surface area (Å²) >= 11 is 5.92. The smallest absolute Gasteiger partial charge is 0.238 e. The summed E-state index contributed by atoms with van der Waals surface area (Å²) in [5, 5.41) is 12.3. The Morgan fingerprint density at radius 3 is 2.77 bits per heavy atom. The molecule has 1 fully saturated rings. The van der Waals surface area contributed by atoms with Gasteiger partial charge in [0.25, 0.3) is 0 Å². The zero-order valence-electron chi connectivity index (χ0n) is 14.1. The van der Waals surface area contributed by atoms with E-state index in [2.05, 4.69) is 10.3 Å². The fourth-order valence-corrected chi connectivity index (χ4v) is 3.23. The summed E-state index contributed by atoms with van der Waals surface area (Å²) in [5.74, 6) is -0.257. The molecule has 0 spiro atoms. The van der Waals surface area contributed by atoms with Gasteiger partial charge in [-0.3, -0.25) is 14.7 Å². The molecular weight excluding hydrogens is 355 g/mol. The number of pyridine rings is 1. The van der Waals surface area contributed by atoms with E-state index in [-0.39, 0.29) is 25.3 Å². The highest BCUT2D eigenvalue weighted by atomic mass is 35.5. The summed E-state index contributed by atoms with van der Waals surface area (Å²) in [7, 11) is 0. The average molecular weight is 373 g/mol. The maximum Gasteiger partial charge on any atom is 0.238 e. The molecule has 1 aromatic carbocycles. The molecule has 0 unspecified atom stereocenters. The molecule has 134 valence electrons. The Hall–Kier alpha value is -2.49. The third-order valence-corrected chi connectivity index (χ3v) is 4.75. The van der Waals surface area contributed by atoms with Crippen LogP contribution in [0.15, 0.2) is 42.6 Å². The fraction of sp³-hybridized carbons (Fsp3) is 0.316. The second-order valence-electron chi connectivity index (χ2n) is 6.31. The molecular formula is C19H18ClFN4O. The Kier molecular flexibility index (Phi) is 5.50. The van der Waals surface area contributed by atoms with Crippen molar-refractivity contribution in [3.63, 3.8) is 0 Å². The van der Waals surface area contributed by atoms with Crippen LogP contribution < -0.4 is 5.32 Å². The summed E-state index contributed by atoms with van der Waals surface area (Å²) in [5.41, 5.74) is -0.272. The lowest BCUT2D eigenvalue weighted by molar-refractivity contribution is -0.118. The van der Waals surface area contributed by atoms with Crippen LogP contribution in [0.4, 0.5) is 10.1 Å². The van der Waals surface area contributed by atoms with Crippen molar-refractivity contribution in [1.82, 2.24) is 9.88 Å². The Labute approximate surface area is 156 Å². The summed E-state index contributed by atoms with van der Waals surface area (Å²) in [4.78, 5) is 18.3. The molecule has 0 bridgehead atoms. The van der Waals surface area contributed by atoms with E-state index in [4.69, 9.17) is 16.9 Å². The number of piperidine rings is 1. The summed E-state index contributed by atoms with van der Waals surface area (Å²) in [6.07, 6.45) is 2.17. The molecule has 1 aromatic heterocycles. The molecule has 1 aliphatic heterocycles. The lowest BCUT2D eigenvalue weighted by Crippen LogP contribution is -2.43. The van der Waals surface area contributed by atoms with Gasteiger partial charge >= 0.3 is 0 Å². The average Bonchev–Trinajstić information content (AvgIpc) is 2.65. The lowest BCUT2D eigenvalue weighted by Gasteiger charge is -2.35. The molecule has 0 radical (unpaired) electrons. The van der Waals surface area contributed by atoms with Gasteiger partial charge in [0.05, 0.1) is 23.5 Å². The predicted molar refractivity (Wildman–Crippen MR) is 97.5 cm³/mol. The van der Waals surface area contributed by atoms with E-state index in [1.54, 1.807) is 42.6 Å². The highest BCUT2D eigenvalue weighted by Gasteiger charge is 2.37. The van der Waals surface area contributed by atoms with Crippen LogP contribution in [-0.2, 0) is 10.5 Å². The Morgan fingerprint density at radius 1 is 1.35 bits per heavy atom. The number of hydrogen-bond donors (Lipinski definition) is 1. The zero-order chi connectivity index (χ0) is 18.6. The number of hydrogen-bond acceptors (Lipinski definition) is 4. The van der Waals surface area contributed by atoms with Crippen molar-refractivity contribution in [2.45, 2.75) is 18.5 Å². The first kappa shape index (κ1) is 18.3. The number of carbonyl (C=O) groups excluding carboxylic acids is 1. The summed E-state index contributed by atoms with van der Waals surface area (Å²) in [6, 6.07) is 12.0. The van der Waals surface area contributed by atoms with Crippen molar-refractivity contribution in [2.24, 2.45) is 0 Å². The SMILES string of the molecule is N#Cc1ccc(Cl)cc1NC(=O)CN1CCC(F)(c2ccccn2)CC1. The van der Waals surface area contributed by atoms with Gasteiger partial charge in [0.15, 0.2) is 5.67 Å². The molecule has 1 amide bonds. The maximum atomic E-state index is 15.1. The largest absolute Gasteiger partial charge is 0.324 e. The van der Waals surface area contributed by atoms with Crippen LogP contribution in [0.5, 0.6) is 0 Å². The van der Waals surface area contributed by atoms with Crippen LogP contribution in [0.3, 0.4) is 0 Å². The van der Waals surface area contributed by atoms with Crippen molar-refractivity contribution < 1.29 is 9.18 Å². The fourth-order valence-electron chi connectivity index (χ4n) is 3.06. The Morgan fingerprint density at radius 2 is 2.12 bits per heavy atom. The number of alkyl halides is 1. The molecule has 1 aliphatic rings. The second-order valence-corrected chi connectivity index (χ2v) is 6.74. The minimum Gasteiger partial charge on any atom is -0.324 e. The first-order valence-electron chi connectivity index (χ1n) is 8.32. The molecule has 3 rings (SSSR count). The number of anilines is 1. The number of rotatable bonds is 4. The van der Waals surface area contributed by atoms with Crippen LogP contribution in [0.2, 0.25) is 5.02 Å². The summed E-state index contributed by atoms with van der Waals surface area (Å²) < 4.78 is 15.1. The van der Waals surface area contributed by atoms with E-state index in [9.17, 15) is 4.79 Å². The van der Waals surface area contributed by atoms with Crippen LogP contribution in [0.25, 0.3) is 0 Å². The van der Waals surface area contributed by atoms with E-state index in [1.165, 1.54) is 0 Å². The molecule has 5 nitrogen and oxygen atoms in total. The first-order chi connectivity index (χ1) is 12.5.